The fourth-order valence-electron chi connectivity index (χ4n) is 3.61. The molecule has 0 aromatic heterocycles. The number of benzene rings is 3. The van der Waals surface area contributed by atoms with E-state index in [0.29, 0.717) is 12.2 Å². The fourth-order valence-corrected chi connectivity index (χ4v) is 3.87. The van der Waals surface area contributed by atoms with Gasteiger partial charge in [-0.2, -0.15) is 0 Å². The number of nitrogens with zero attached hydrogens (tertiary/aromatic N) is 1. The van der Waals surface area contributed by atoms with Crippen molar-refractivity contribution in [2.24, 2.45) is 5.92 Å². The molecule has 3 aromatic rings. The molecule has 1 fully saturated rings. The van der Waals surface area contributed by atoms with Crippen LogP contribution in [0.2, 0.25) is 0 Å². The Hall–Kier alpha value is -3.73. The average molecular weight is 702 g/mol. The van der Waals surface area contributed by atoms with Gasteiger partial charge in [-0.3, -0.25) is 5.32 Å². The number of carbonyl (C=O) groups is 3. The molecule has 1 atom stereocenters. The Balaban J connectivity index is 0.00000103. The topological polar surface area (TPSA) is 103 Å². The smallest absolute Gasteiger partial charge is 0.411 e. The fraction of sp³-hybridized carbons (Fsp3) is 0.417. The zero-order chi connectivity index (χ0) is 34.3. The van der Waals surface area contributed by atoms with Gasteiger partial charge in [0, 0.05) is 30.9 Å². The predicted octanol–water partition coefficient (Wildman–Crippen LogP) is 9.08. The van der Waals surface area contributed by atoms with Crippen LogP contribution in [0.3, 0.4) is 0 Å². The number of hydrogen-bond donors (Lipinski definition) is 1. The standard InChI is InChI=1S/C28H31BrN2O6.C4H8.C3H8.CH2O/c1-20-9-14-25(15-23(20)16-31(2)28(33)36-17-21-7-5-4-6-8-21)30-27(32)35-18-26(37-19-34-3)22-10-12-24(29)13-11-22;1-4-2-3-4;1-3-2;1-2/h4-15,26H,16-19H2,1-3H3,(H,30,32);4H,2-3H2,1H3;3H2,1-2H3;1H2/t26-;;;/m0.../s1. The normalized spacial score (nSPS) is 12.0. The maximum Gasteiger partial charge on any atom is 0.411 e. The third kappa shape index (κ3) is 17.1. The lowest BCUT2D eigenvalue weighted by molar-refractivity contribution is -0.0980. The van der Waals surface area contributed by atoms with Gasteiger partial charge in [-0.15, -0.1) is 0 Å². The van der Waals surface area contributed by atoms with Crippen LogP contribution in [-0.2, 0) is 36.9 Å². The Morgan fingerprint density at radius 3 is 2.17 bits per heavy atom. The molecule has 1 N–H and O–H groups in total. The highest BCUT2D eigenvalue weighted by Crippen LogP contribution is 2.26. The summed E-state index contributed by atoms with van der Waals surface area (Å²) in [6.07, 6.45) is 2.69. The molecule has 0 heterocycles. The Bertz CT molecular complexity index is 1270. The van der Waals surface area contributed by atoms with Crippen LogP contribution >= 0.6 is 15.9 Å². The number of nitrogens with one attached hydrogen (secondary N) is 1. The van der Waals surface area contributed by atoms with Crippen LogP contribution < -0.4 is 5.32 Å². The molecule has 1 saturated carbocycles. The first kappa shape index (κ1) is 40.3. The summed E-state index contributed by atoms with van der Waals surface area (Å²) in [7, 11) is 3.20. The third-order valence-electron chi connectivity index (χ3n) is 6.38. The van der Waals surface area contributed by atoms with Gasteiger partial charge in [0.25, 0.3) is 0 Å². The minimum absolute atomic E-state index is 0.00549. The number of methoxy groups -OCH3 is 1. The number of ether oxygens (including phenoxy) is 4. The second-order valence-electron chi connectivity index (χ2n) is 10.8. The second kappa shape index (κ2) is 23.6. The number of amides is 2. The maximum atomic E-state index is 12.5. The Labute approximate surface area is 282 Å². The monoisotopic (exact) mass is 700 g/mol. The zero-order valence-electron chi connectivity index (χ0n) is 27.9. The number of rotatable bonds is 11. The molecule has 1 aliphatic carbocycles. The van der Waals surface area contributed by atoms with Gasteiger partial charge in [-0.25, -0.2) is 9.59 Å². The molecule has 0 radical (unpaired) electrons. The number of carbonyl (C=O) groups excluding carboxylic acids is 3. The lowest BCUT2D eigenvalue weighted by atomic mass is 10.1. The minimum Gasteiger partial charge on any atom is -0.446 e. The number of hydrogen-bond acceptors (Lipinski definition) is 7. The first-order valence-electron chi connectivity index (χ1n) is 15.3. The molecule has 0 aliphatic heterocycles. The zero-order valence-corrected chi connectivity index (χ0v) is 29.5. The van der Waals surface area contributed by atoms with E-state index in [1.54, 1.807) is 13.1 Å². The van der Waals surface area contributed by atoms with E-state index >= 15 is 0 Å². The quantitative estimate of drug-likeness (QED) is 0.199. The van der Waals surface area contributed by atoms with Crippen LogP contribution in [0.5, 0.6) is 0 Å². The van der Waals surface area contributed by atoms with E-state index in [2.05, 4.69) is 42.0 Å². The van der Waals surface area contributed by atoms with E-state index in [-0.39, 0.29) is 20.0 Å². The van der Waals surface area contributed by atoms with Gasteiger partial charge in [0.05, 0.1) is 0 Å². The molecule has 0 unspecified atom stereocenters. The van der Waals surface area contributed by atoms with Gasteiger partial charge in [0.1, 0.15) is 32.9 Å². The van der Waals surface area contributed by atoms with Gasteiger partial charge in [0.15, 0.2) is 0 Å². The van der Waals surface area contributed by atoms with Crippen molar-refractivity contribution in [3.8, 4) is 0 Å². The van der Waals surface area contributed by atoms with Gasteiger partial charge < -0.3 is 28.6 Å². The van der Waals surface area contributed by atoms with Crippen molar-refractivity contribution in [3.05, 3.63) is 99.5 Å². The van der Waals surface area contributed by atoms with E-state index in [4.69, 9.17) is 23.7 Å². The first-order chi connectivity index (χ1) is 22.2. The molecule has 252 valence electrons. The minimum atomic E-state index is -0.617. The molecule has 2 amide bonds. The van der Waals surface area contributed by atoms with Crippen molar-refractivity contribution < 1.29 is 33.3 Å². The number of halogens is 1. The van der Waals surface area contributed by atoms with Crippen LogP contribution in [-0.4, -0.2) is 51.4 Å². The first-order valence-corrected chi connectivity index (χ1v) is 16.1. The SMILES string of the molecule is C=O.CC1CC1.CCC.COCO[C@@H](COC(=O)Nc1ccc(C)c(CN(C)C(=O)OCc2ccccc2)c1)c1ccc(Br)cc1. The number of anilines is 1. The predicted molar refractivity (Wildman–Crippen MR) is 186 cm³/mol. The summed E-state index contributed by atoms with van der Waals surface area (Å²) in [4.78, 5) is 34.4. The molecule has 4 rings (SSSR count). The van der Waals surface area contributed by atoms with Gasteiger partial charge in [0.2, 0.25) is 0 Å². The summed E-state index contributed by atoms with van der Waals surface area (Å²) >= 11 is 3.41. The van der Waals surface area contributed by atoms with E-state index in [1.807, 2.05) is 80.4 Å². The summed E-state index contributed by atoms with van der Waals surface area (Å²) < 4.78 is 22.4. The van der Waals surface area contributed by atoms with Crippen LogP contribution in [0, 0.1) is 12.8 Å². The lowest BCUT2D eigenvalue weighted by Gasteiger charge is -2.20. The van der Waals surface area contributed by atoms with E-state index in [1.165, 1.54) is 31.3 Å². The highest BCUT2D eigenvalue weighted by atomic mass is 79.9. The van der Waals surface area contributed by atoms with Crippen molar-refractivity contribution in [3.63, 3.8) is 0 Å². The third-order valence-corrected chi connectivity index (χ3v) is 6.91. The maximum absolute atomic E-state index is 12.5. The van der Waals surface area contributed by atoms with Gasteiger partial charge >= 0.3 is 12.2 Å². The molecule has 46 heavy (non-hydrogen) atoms. The second-order valence-corrected chi connectivity index (χ2v) is 11.7. The van der Waals surface area contributed by atoms with Crippen molar-refractivity contribution in [2.75, 3.05) is 32.9 Å². The van der Waals surface area contributed by atoms with Crippen LogP contribution in [0.4, 0.5) is 15.3 Å². The molecular weight excluding hydrogens is 652 g/mol. The Morgan fingerprint density at radius 1 is 1.00 bits per heavy atom. The summed E-state index contributed by atoms with van der Waals surface area (Å²) in [5.74, 6) is 1.08. The van der Waals surface area contributed by atoms with Gasteiger partial charge in [-0.1, -0.05) is 104 Å². The molecule has 0 spiro atoms. The molecule has 10 heteroatoms. The summed E-state index contributed by atoms with van der Waals surface area (Å²) in [5.41, 5.74) is 4.17. The van der Waals surface area contributed by atoms with E-state index in [9.17, 15) is 9.59 Å². The summed E-state index contributed by atoms with van der Waals surface area (Å²) in [6.45, 7) is 11.1. The summed E-state index contributed by atoms with van der Waals surface area (Å²) in [6, 6.07) is 22.5. The average Bonchev–Trinajstić information content (AvgIpc) is 3.86. The number of aryl methyl sites for hydroxylation is 1. The molecule has 0 saturated heterocycles. The highest BCUT2D eigenvalue weighted by Gasteiger charge is 2.17. The molecule has 0 bridgehead atoms. The van der Waals surface area contributed by atoms with Crippen molar-refractivity contribution in [2.45, 2.75) is 66.2 Å². The molecule has 1 aliphatic rings. The lowest BCUT2D eigenvalue weighted by Crippen LogP contribution is -2.27. The highest BCUT2D eigenvalue weighted by molar-refractivity contribution is 9.10. The van der Waals surface area contributed by atoms with Crippen molar-refractivity contribution >= 4 is 40.6 Å². The molecule has 3 aromatic carbocycles. The van der Waals surface area contributed by atoms with Crippen molar-refractivity contribution in [1.29, 1.82) is 0 Å². The largest absolute Gasteiger partial charge is 0.446 e. The van der Waals surface area contributed by atoms with Crippen LogP contribution in [0.25, 0.3) is 0 Å². The molecule has 9 nitrogen and oxygen atoms in total. The van der Waals surface area contributed by atoms with Crippen LogP contribution in [0.15, 0.2) is 77.3 Å². The summed E-state index contributed by atoms with van der Waals surface area (Å²) in [5, 5.41) is 2.74. The molecular formula is C36H49BrN2O7. The van der Waals surface area contributed by atoms with Gasteiger partial charge in [-0.05, 0) is 59.4 Å². The van der Waals surface area contributed by atoms with E-state index < -0.39 is 18.3 Å². The Kier molecular flexibility index (Phi) is 20.7. The van der Waals surface area contributed by atoms with Crippen LogP contribution in [0.1, 0.15) is 68.4 Å². The van der Waals surface area contributed by atoms with Crippen molar-refractivity contribution in [1.82, 2.24) is 4.90 Å². The van der Waals surface area contributed by atoms with E-state index in [0.717, 1.165) is 32.6 Å². The Morgan fingerprint density at radius 2 is 1.61 bits per heavy atom.